The number of carbonyl (C=O) groups is 3. The molecule has 200 valence electrons. The van der Waals surface area contributed by atoms with Crippen LogP contribution in [0.15, 0.2) is 60.7 Å². The molecule has 0 N–H and O–H groups in total. The van der Waals surface area contributed by atoms with Gasteiger partial charge in [-0.1, -0.05) is 48.5 Å². The average molecular weight is 512 g/mol. The highest BCUT2D eigenvalue weighted by Crippen LogP contribution is 2.37. The molecule has 1 aliphatic rings. The molecule has 2 aromatic rings. The SMILES string of the molecule is CN(C)C(=O)ON(C(=O)C1(COCc2ccccc2)CCN(C(=O)OC(C)(C)C)CC1)c1ccccc1. The molecule has 0 bridgehead atoms. The molecule has 0 spiro atoms. The van der Waals surface area contributed by atoms with Gasteiger partial charge in [0.05, 0.1) is 24.3 Å². The average Bonchev–Trinajstić information content (AvgIpc) is 2.87. The quantitative estimate of drug-likeness (QED) is 0.515. The third-order valence-electron chi connectivity index (χ3n) is 6.03. The first-order chi connectivity index (χ1) is 17.5. The fraction of sp³-hybridized carbons (Fsp3) is 0.464. The molecule has 9 nitrogen and oxygen atoms in total. The second-order valence-electron chi connectivity index (χ2n) is 10.4. The molecule has 0 radical (unpaired) electrons. The number of rotatable bonds is 6. The van der Waals surface area contributed by atoms with Crippen molar-refractivity contribution in [3.63, 3.8) is 0 Å². The molecule has 9 heteroatoms. The van der Waals surface area contributed by atoms with Crippen molar-refractivity contribution in [2.24, 2.45) is 5.41 Å². The van der Waals surface area contributed by atoms with Crippen LogP contribution in [0.5, 0.6) is 0 Å². The van der Waals surface area contributed by atoms with Crippen molar-refractivity contribution in [3.8, 4) is 0 Å². The Morgan fingerprint density at radius 2 is 1.49 bits per heavy atom. The predicted molar refractivity (Wildman–Crippen MR) is 140 cm³/mol. The highest BCUT2D eigenvalue weighted by Gasteiger charge is 2.47. The monoisotopic (exact) mass is 511 g/mol. The van der Waals surface area contributed by atoms with Gasteiger partial charge in [0.2, 0.25) is 0 Å². The summed E-state index contributed by atoms with van der Waals surface area (Å²) in [5.41, 5.74) is -0.226. The van der Waals surface area contributed by atoms with Gasteiger partial charge in [-0.05, 0) is 51.3 Å². The molecule has 0 aliphatic carbocycles. The number of nitrogens with zero attached hydrogens (tertiary/aromatic N) is 3. The maximum absolute atomic E-state index is 14.1. The molecule has 1 heterocycles. The van der Waals surface area contributed by atoms with E-state index < -0.39 is 29.1 Å². The number of ether oxygens (including phenoxy) is 2. The van der Waals surface area contributed by atoms with Crippen molar-refractivity contribution in [1.82, 2.24) is 9.80 Å². The van der Waals surface area contributed by atoms with E-state index in [9.17, 15) is 14.4 Å². The van der Waals surface area contributed by atoms with Crippen LogP contribution in [-0.4, -0.2) is 67.3 Å². The van der Waals surface area contributed by atoms with E-state index in [-0.39, 0.29) is 6.61 Å². The Balaban J connectivity index is 1.85. The van der Waals surface area contributed by atoms with Crippen LogP contribution in [0, 0.1) is 5.41 Å². The zero-order valence-corrected chi connectivity index (χ0v) is 22.3. The van der Waals surface area contributed by atoms with Crippen molar-refractivity contribution in [1.29, 1.82) is 0 Å². The van der Waals surface area contributed by atoms with Crippen LogP contribution in [0.2, 0.25) is 0 Å². The fourth-order valence-electron chi connectivity index (χ4n) is 3.95. The summed E-state index contributed by atoms with van der Waals surface area (Å²) < 4.78 is 11.6. The van der Waals surface area contributed by atoms with Gasteiger partial charge >= 0.3 is 12.2 Å². The van der Waals surface area contributed by atoms with Gasteiger partial charge in [0.25, 0.3) is 5.91 Å². The molecule has 0 aromatic heterocycles. The highest BCUT2D eigenvalue weighted by molar-refractivity contribution is 5.97. The van der Waals surface area contributed by atoms with E-state index in [1.54, 1.807) is 43.3 Å². The summed E-state index contributed by atoms with van der Waals surface area (Å²) in [5.74, 6) is -0.397. The molecule has 1 fully saturated rings. The van der Waals surface area contributed by atoms with Crippen LogP contribution in [-0.2, 0) is 25.7 Å². The maximum atomic E-state index is 14.1. The summed E-state index contributed by atoms with van der Waals surface area (Å²) in [6, 6.07) is 18.4. The Morgan fingerprint density at radius 3 is 2.03 bits per heavy atom. The van der Waals surface area contributed by atoms with Crippen molar-refractivity contribution >= 4 is 23.8 Å². The lowest BCUT2D eigenvalue weighted by molar-refractivity contribution is -0.142. The molecule has 1 aliphatic heterocycles. The molecule has 3 amide bonds. The van der Waals surface area contributed by atoms with Crippen molar-refractivity contribution in [2.75, 3.05) is 38.9 Å². The zero-order valence-electron chi connectivity index (χ0n) is 22.3. The first-order valence-electron chi connectivity index (χ1n) is 12.4. The van der Waals surface area contributed by atoms with Crippen LogP contribution in [0.4, 0.5) is 15.3 Å². The Hall–Kier alpha value is -3.59. The third-order valence-corrected chi connectivity index (χ3v) is 6.03. The van der Waals surface area contributed by atoms with Crippen LogP contribution in [0.3, 0.4) is 0 Å². The van der Waals surface area contributed by atoms with Crippen LogP contribution >= 0.6 is 0 Å². The van der Waals surface area contributed by atoms with E-state index in [4.69, 9.17) is 14.3 Å². The van der Waals surface area contributed by atoms with E-state index >= 15 is 0 Å². The minimum atomic E-state index is -1.02. The zero-order chi connectivity index (χ0) is 27.1. The molecule has 0 atom stereocenters. The van der Waals surface area contributed by atoms with E-state index in [0.29, 0.717) is 38.2 Å². The van der Waals surface area contributed by atoms with Crippen LogP contribution < -0.4 is 5.06 Å². The Labute approximate surface area is 218 Å². The molecular weight excluding hydrogens is 474 g/mol. The van der Waals surface area contributed by atoms with Crippen LogP contribution in [0.1, 0.15) is 39.2 Å². The number of anilines is 1. The molecule has 0 saturated carbocycles. The van der Waals surface area contributed by atoms with Crippen LogP contribution in [0.25, 0.3) is 0 Å². The Bertz CT molecular complexity index is 1040. The summed E-state index contributed by atoms with van der Waals surface area (Å²) in [4.78, 5) is 47.7. The number of piperidine rings is 1. The first-order valence-corrected chi connectivity index (χ1v) is 12.4. The van der Waals surface area contributed by atoms with Gasteiger partial charge in [0.15, 0.2) is 0 Å². The molecule has 0 unspecified atom stereocenters. The Morgan fingerprint density at radius 1 is 0.919 bits per heavy atom. The topological polar surface area (TPSA) is 88.6 Å². The van der Waals surface area contributed by atoms with Gasteiger partial charge in [0.1, 0.15) is 5.60 Å². The summed E-state index contributed by atoms with van der Waals surface area (Å²) >= 11 is 0. The van der Waals surface area contributed by atoms with E-state index in [2.05, 4.69) is 0 Å². The smallest absolute Gasteiger partial charge is 0.434 e. The number of benzene rings is 2. The second kappa shape index (κ2) is 12.1. The third kappa shape index (κ3) is 7.69. The number of amides is 3. The summed E-state index contributed by atoms with van der Waals surface area (Å²) in [7, 11) is 3.10. The summed E-state index contributed by atoms with van der Waals surface area (Å²) in [5, 5.41) is 1.05. The van der Waals surface area contributed by atoms with Gasteiger partial charge < -0.3 is 24.1 Å². The molecule has 37 heavy (non-hydrogen) atoms. The number of carbonyl (C=O) groups excluding carboxylic acids is 3. The molecule has 3 rings (SSSR count). The minimum absolute atomic E-state index is 0.103. The van der Waals surface area contributed by atoms with Gasteiger partial charge in [0, 0.05) is 27.2 Å². The molecular formula is C28H37N3O6. The first kappa shape index (κ1) is 28.0. The van der Waals surface area contributed by atoms with E-state index in [1.807, 2.05) is 57.2 Å². The fourth-order valence-corrected chi connectivity index (χ4v) is 3.95. The summed E-state index contributed by atoms with van der Waals surface area (Å²) in [6.07, 6.45) is -0.452. The van der Waals surface area contributed by atoms with Gasteiger partial charge in [-0.3, -0.25) is 4.79 Å². The van der Waals surface area contributed by atoms with Crippen molar-refractivity contribution in [3.05, 3.63) is 66.2 Å². The maximum Gasteiger partial charge on any atom is 0.434 e. The van der Waals surface area contributed by atoms with E-state index in [0.717, 1.165) is 10.6 Å². The minimum Gasteiger partial charge on any atom is -0.444 e. The predicted octanol–water partition coefficient (Wildman–Crippen LogP) is 4.87. The highest BCUT2D eigenvalue weighted by atomic mass is 16.7. The normalized spacial score (nSPS) is 15.0. The molecule has 2 aromatic carbocycles. The largest absolute Gasteiger partial charge is 0.444 e. The second-order valence-corrected chi connectivity index (χ2v) is 10.4. The van der Waals surface area contributed by atoms with E-state index in [1.165, 1.54) is 4.90 Å². The lowest BCUT2D eigenvalue weighted by atomic mass is 9.78. The number of hydrogen-bond acceptors (Lipinski definition) is 6. The lowest BCUT2D eigenvalue weighted by Gasteiger charge is -2.42. The standard InChI is InChI=1S/C28H37N3O6/c1-27(2,3)36-26(34)30-18-16-28(17-19-30,21-35-20-22-12-8-6-9-13-22)24(32)31(37-25(33)29(4)5)23-14-10-7-11-15-23/h6-15H,16-21H2,1-5H3. The summed E-state index contributed by atoms with van der Waals surface area (Å²) in [6.45, 7) is 6.49. The molecule has 1 saturated heterocycles. The number of para-hydroxylation sites is 1. The van der Waals surface area contributed by atoms with Gasteiger partial charge in [-0.15, -0.1) is 5.06 Å². The van der Waals surface area contributed by atoms with Crippen molar-refractivity contribution < 1.29 is 28.7 Å². The van der Waals surface area contributed by atoms with Gasteiger partial charge in [-0.25, -0.2) is 9.59 Å². The van der Waals surface area contributed by atoms with Gasteiger partial charge in [-0.2, -0.15) is 0 Å². The van der Waals surface area contributed by atoms with Crippen molar-refractivity contribution in [2.45, 2.75) is 45.8 Å². The number of likely N-dealkylation sites (tertiary alicyclic amines) is 1. The lowest BCUT2D eigenvalue weighted by Crippen LogP contribution is -2.54. The number of hydroxylamine groups is 1. The number of hydrogen-bond donors (Lipinski definition) is 0. The Kier molecular flexibility index (Phi) is 9.15.